The van der Waals surface area contributed by atoms with Crippen LogP contribution in [0.5, 0.6) is 0 Å². The van der Waals surface area contributed by atoms with Crippen LogP contribution in [0.2, 0.25) is 0 Å². The van der Waals surface area contributed by atoms with Crippen molar-refractivity contribution in [1.82, 2.24) is 15.6 Å². The fourth-order valence-electron chi connectivity index (χ4n) is 2.40. The van der Waals surface area contributed by atoms with Crippen LogP contribution in [-0.4, -0.2) is 30.6 Å². The number of hydrogen-bond donors (Lipinski definition) is 2. The lowest BCUT2D eigenvalue weighted by atomic mass is 10.2. The van der Waals surface area contributed by atoms with Crippen LogP contribution in [0.4, 0.5) is 0 Å². The van der Waals surface area contributed by atoms with E-state index < -0.39 is 0 Å². The highest BCUT2D eigenvalue weighted by atomic mass is 32.1. The van der Waals surface area contributed by atoms with Crippen LogP contribution >= 0.6 is 11.3 Å². The van der Waals surface area contributed by atoms with E-state index in [-0.39, 0.29) is 0 Å². The van der Waals surface area contributed by atoms with E-state index in [1.165, 1.54) is 29.1 Å². The van der Waals surface area contributed by atoms with Crippen LogP contribution in [-0.2, 0) is 12.8 Å². The Morgan fingerprint density at radius 3 is 3.00 bits per heavy atom. The summed E-state index contributed by atoms with van der Waals surface area (Å²) in [5.74, 6) is 1.78. The van der Waals surface area contributed by atoms with Gasteiger partial charge in [0, 0.05) is 37.1 Å². The molecule has 2 unspecified atom stereocenters. The molecule has 112 valence electrons. The first kappa shape index (κ1) is 15.3. The highest BCUT2D eigenvalue weighted by Gasteiger charge is 2.36. The Morgan fingerprint density at radius 2 is 2.35 bits per heavy atom. The van der Waals surface area contributed by atoms with Gasteiger partial charge in [-0.1, -0.05) is 20.3 Å². The number of thiazole rings is 1. The summed E-state index contributed by atoms with van der Waals surface area (Å²) >= 11 is 1.81. The number of hydrogen-bond acceptors (Lipinski definition) is 3. The smallest absolute Gasteiger partial charge is 0.191 e. The average Bonchev–Trinajstić information content (AvgIpc) is 3.01. The molecule has 0 aliphatic heterocycles. The Morgan fingerprint density at radius 1 is 1.50 bits per heavy atom. The van der Waals surface area contributed by atoms with Crippen molar-refractivity contribution < 1.29 is 0 Å². The topological polar surface area (TPSA) is 49.3 Å². The number of rotatable bonds is 7. The Hall–Kier alpha value is -1.10. The normalized spacial score (nSPS) is 21.9. The summed E-state index contributed by atoms with van der Waals surface area (Å²) < 4.78 is 0. The molecule has 0 aromatic carbocycles. The van der Waals surface area contributed by atoms with E-state index >= 15 is 0 Å². The largest absolute Gasteiger partial charge is 0.356 e. The summed E-state index contributed by atoms with van der Waals surface area (Å²) in [6.45, 7) is 5.31. The highest BCUT2D eigenvalue weighted by Crippen LogP contribution is 2.34. The van der Waals surface area contributed by atoms with Crippen LogP contribution in [0.3, 0.4) is 0 Å². The van der Waals surface area contributed by atoms with Gasteiger partial charge >= 0.3 is 0 Å². The molecule has 2 rings (SSSR count). The molecule has 0 amide bonds. The molecule has 1 aliphatic carbocycles. The minimum atomic E-state index is 0.632. The Bertz CT molecular complexity index is 441. The maximum atomic E-state index is 4.44. The van der Waals surface area contributed by atoms with Gasteiger partial charge in [-0.15, -0.1) is 11.3 Å². The third-order valence-electron chi connectivity index (χ3n) is 3.71. The fourth-order valence-corrected chi connectivity index (χ4v) is 3.26. The minimum absolute atomic E-state index is 0.632. The van der Waals surface area contributed by atoms with Gasteiger partial charge in [-0.3, -0.25) is 4.99 Å². The molecule has 1 fully saturated rings. The molecule has 5 heteroatoms. The van der Waals surface area contributed by atoms with Gasteiger partial charge in [0.2, 0.25) is 0 Å². The zero-order valence-electron chi connectivity index (χ0n) is 12.8. The average molecular weight is 294 g/mol. The van der Waals surface area contributed by atoms with Crippen LogP contribution < -0.4 is 10.6 Å². The van der Waals surface area contributed by atoms with Crippen molar-refractivity contribution in [1.29, 1.82) is 0 Å². The Labute approximate surface area is 126 Å². The third-order valence-corrected chi connectivity index (χ3v) is 4.91. The summed E-state index contributed by atoms with van der Waals surface area (Å²) in [6, 6.07) is 0.632. The molecule has 2 atom stereocenters. The first-order chi connectivity index (χ1) is 9.76. The van der Waals surface area contributed by atoms with E-state index in [1.54, 1.807) is 0 Å². The first-order valence-electron chi connectivity index (χ1n) is 7.67. The predicted molar refractivity (Wildman–Crippen MR) is 86.5 cm³/mol. The van der Waals surface area contributed by atoms with Crippen LogP contribution in [0.15, 0.2) is 11.2 Å². The lowest BCUT2D eigenvalue weighted by Crippen LogP contribution is -2.40. The molecule has 1 aromatic heterocycles. The summed E-state index contributed by atoms with van der Waals surface area (Å²) in [4.78, 5) is 10.1. The van der Waals surface area contributed by atoms with Gasteiger partial charge in [-0.05, 0) is 25.2 Å². The van der Waals surface area contributed by atoms with Crippen molar-refractivity contribution in [2.75, 3.05) is 13.6 Å². The molecule has 0 spiro atoms. The molecule has 1 aromatic rings. The van der Waals surface area contributed by atoms with Gasteiger partial charge in [0.05, 0.1) is 5.01 Å². The van der Waals surface area contributed by atoms with Gasteiger partial charge in [-0.25, -0.2) is 4.98 Å². The molecule has 1 heterocycles. The van der Waals surface area contributed by atoms with E-state index in [1.807, 2.05) is 24.6 Å². The van der Waals surface area contributed by atoms with Crippen LogP contribution in [0.1, 0.15) is 43.0 Å². The summed E-state index contributed by atoms with van der Waals surface area (Å²) in [5, 5.41) is 8.09. The highest BCUT2D eigenvalue weighted by molar-refractivity contribution is 7.11. The molecule has 20 heavy (non-hydrogen) atoms. The van der Waals surface area contributed by atoms with E-state index in [2.05, 4.69) is 34.5 Å². The second kappa shape index (κ2) is 7.62. The molecule has 1 saturated carbocycles. The second-order valence-electron chi connectivity index (χ2n) is 5.36. The summed E-state index contributed by atoms with van der Waals surface area (Å²) in [7, 11) is 1.84. The first-order valence-corrected chi connectivity index (χ1v) is 8.49. The van der Waals surface area contributed by atoms with E-state index in [0.717, 1.165) is 31.3 Å². The number of nitrogens with one attached hydrogen (secondary N) is 2. The second-order valence-corrected chi connectivity index (χ2v) is 6.56. The molecular weight excluding hydrogens is 268 g/mol. The lowest BCUT2D eigenvalue weighted by molar-refractivity contribution is 0.655. The number of guanidine groups is 1. The maximum Gasteiger partial charge on any atom is 0.191 e. The minimum Gasteiger partial charge on any atom is -0.356 e. The zero-order valence-corrected chi connectivity index (χ0v) is 13.6. The van der Waals surface area contributed by atoms with E-state index in [0.29, 0.717) is 6.04 Å². The standard InChI is InChI=1S/C15H26N4S/c1-4-6-11-9-13(11)19-15(16-3)17-8-7-14-18-10-12(5-2)20-14/h10-11,13H,4-9H2,1-3H3,(H2,16,17,19). The Kier molecular flexibility index (Phi) is 5.83. The monoisotopic (exact) mass is 294 g/mol. The molecule has 4 nitrogen and oxygen atoms in total. The van der Waals surface area contributed by atoms with Crippen molar-refractivity contribution in [3.05, 3.63) is 16.1 Å². The van der Waals surface area contributed by atoms with Gasteiger partial charge < -0.3 is 10.6 Å². The van der Waals surface area contributed by atoms with Gasteiger partial charge in [-0.2, -0.15) is 0 Å². The maximum absolute atomic E-state index is 4.44. The predicted octanol–water partition coefficient (Wildman–Crippen LogP) is 2.60. The van der Waals surface area contributed by atoms with Crippen molar-refractivity contribution in [2.24, 2.45) is 10.9 Å². The summed E-state index contributed by atoms with van der Waals surface area (Å²) in [6.07, 6.45) is 7.93. The summed E-state index contributed by atoms with van der Waals surface area (Å²) in [5.41, 5.74) is 0. The van der Waals surface area contributed by atoms with Crippen LogP contribution in [0.25, 0.3) is 0 Å². The molecule has 2 N–H and O–H groups in total. The van der Waals surface area contributed by atoms with Crippen molar-refractivity contribution in [2.45, 2.75) is 52.0 Å². The lowest BCUT2D eigenvalue weighted by Gasteiger charge is -2.11. The third kappa shape index (κ3) is 4.47. The molecule has 0 bridgehead atoms. The SMILES string of the molecule is CCCC1CC1NC(=NC)NCCc1ncc(CC)s1. The quantitative estimate of drug-likeness (QED) is 0.600. The van der Waals surface area contributed by atoms with Crippen molar-refractivity contribution in [3.63, 3.8) is 0 Å². The van der Waals surface area contributed by atoms with Gasteiger partial charge in [0.25, 0.3) is 0 Å². The molecule has 1 aliphatic rings. The molecule has 0 saturated heterocycles. The van der Waals surface area contributed by atoms with Crippen molar-refractivity contribution >= 4 is 17.3 Å². The molecular formula is C15H26N4S. The number of aromatic nitrogens is 1. The van der Waals surface area contributed by atoms with Gasteiger partial charge in [0.1, 0.15) is 0 Å². The molecule has 0 radical (unpaired) electrons. The number of nitrogens with zero attached hydrogens (tertiary/aromatic N) is 2. The van der Waals surface area contributed by atoms with Crippen LogP contribution in [0, 0.1) is 5.92 Å². The number of aliphatic imine (C=N–C) groups is 1. The van der Waals surface area contributed by atoms with Gasteiger partial charge in [0.15, 0.2) is 5.96 Å². The van der Waals surface area contributed by atoms with Crippen molar-refractivity contribution in [3.8, 4) is 0 Å². The number of aryl methyl sites for hydroxylation is 1. The van der Waals surface area contributed by atoms with E-state index in [4.69, 9.17) is 0 Å². The van der Waals surface area contributed by atoms with E-state index in [9.17, 15) is 0 Å². The Balaban J connectivity index is 1.67. The fraction of sp³-hybridized carbons (Fsp3) is 0.733. The zero-order chi connectivity index (χ0) is 14.4.